The Balaban J connectivity index is 2.54. The van der Waals surface area contributed by atoms with Gasteiger partial charge in [0.1, 0.15) is 5.75 Å². The number of carboxylic acid groups (broad SMARTS) is 1. The lowest BCUT2D eigenvalue weighted by Crippen LogP contribution is -2.20. The molecule has 0 bridgehead atoms. The first kappa shape index (κ1) is 10.7. The van der Waals surface area contributed by atoms with Gasteiger partial charge in [0.05, 0.1) is 18.1 Å². The number of Topliss-reactive ketones (excluding diaryl/α,β-unsaturated/α-hetero) is 1. The number of hydrogen-bond donors (Lipinski definition) is 1. The fraction of sp³-hybridized carbons (Fsp3) is 0.333. The second kappa shape index (κ2) is 3.96. The van der Waals surface area contributed by atoms with E-state index in [0.29, 0.717) is 29.9 Å². The van der Waals surface area contributed by atoms with Crippen LogP contribution in [0.3, 0.4) is 0 Å². The number of ketones is 1. The van der Waals surface area contributed by atoms with Crippen molar-refractivity contribution >= 4 is 11.8 Å². The molecule has 1 aromatic carbocycles. The average molecular weight is 220 g/mol. The minimum absolute atomic E-state index is 0.0371. The summed E-state index contributed by atoms with van der Waals surface area (Å²) >= 11 is 0. The van der Waals surface area contributed by atoms with E-state index in [4.69, 9.17) is 9.84 Å². The summed E-state index contributed by atoms with van der Waals surface area (Å²) in [6, 6.07) is 5.08. The fourth-order valence-corrected chi connectivity index (χ4v) is 1.84. The van der Waals surface area contributed by atoms with E-state index in [0.717, 1.165) is 0 Å². The van der Waals surface area contributed by atoms with Crippen LogP contribution in [0.25, 0.3) is 0 Å². The van der Waals surface area contributed by atoms with Crippen molar-refractivity contribution in [3.05, 3.63) is 29.3 Å². The number of aliphatic carboxylic acids is 1. The van der Waals surface area contributed by atoms with Crippen molar-refractivity contribution in [2.45, 2.75) is 19.3 Å². The van der Waals surface area contributed by atoms with Crippen LogP contribution in [0.15, 0.2) is 18.2 Å². The molecule has 0 aliphatic carbocycles. The second-order valence-electron chi connectivity index (χ2n) is 3.80. The van der Waals surface area contributed by atoms with Gasteiger partial charge < -0.3 is 9.84 Å². The van der Waals surface area contributed by atoms with Crippen molar-refractivity contribution in [2.75, 3.05) is 6.61 Å². The normalized spacial score (nSPS) is 16.2. The van der Waals surface area contributed by atoms with E-state index in [1.165, 1.54) is 0 Å². The van der Waals surface area contributed by atoms with Gasteiger partial charge in [-0.25, -0.2) is 0 Å². The predicted octanol–water partition coefficient (Wildman–Crippen LogP) is 1.84. The van der Waals surface area contributed by atoms with E-state index < -0.39 is 11.9 Å². The molecule has 1 aliphatic rings. The first-order chi connectivity index (χ1) is 7.61. The van der Waals surface area contributed by atoms with Crippen molar-refractivity contribution < 1.29 is 19.4 Å². The smallest absolute Gasteiger partial charge is 0.310 e. The van der Waals surface area contributed by atoms with Gasteiger partial charge in [0.25, 0.3) is 0 Å². The number of benzene rings is 1. The highest BCUT2D eigenvalue weighted by Crippen LogP contribution is 2.31. The van der Waals surface area contributed by atoms with Crippen molar-refractivity contribution in [1.82, 2.24) is 0 Å². The number of fused-ring (bicyclic) bond motifs is 1. The van der Waals surface area contributed by atoms with Crippen molar-refractivity contribution in [2.24, 2.45) is 0 Å². The van der Waals surface area contributed by atoms with Crippen LogP contribution >= 0.6 is 0 Å². The summed E-state index contributed by atoms with van der Waals surface area (Å²) in [5.41, 5.74) is 0.971. The van der Waals surface area contributed by atoms with E-state index in [-0.39, 0.29) is 5.78 Å². The Kier molecular flexibility index (Phi) is 2.64. The molecule has 16 heavy (non-hydrogen) atoms. The zero-order valence-corrected chi connectivity index (χ0v) is 8.90. The molecule has 0 spiro atoms. The predicted molar refractivity (Wildman–Crippen MR) is 56.9 cm³/mol. The average Bonchev–Trinajstić information content (AvgIpc) is 2.27. The van der Waals surface area contributed by atoms with Crippen LogP contribution in [0.4, 0.5) is 0 Å². The largest absolute Gasteiger partial charge is 0.492 e. The van der Waals surface area contributed by atoms with Crippen LogP contribution < -0.4 is 4.74 Å². The van der Waals surface area contributed by atoms with E-state index in [9.17, 15) is 9.59 Å². The maximum Gasteiger partial charge on any atom is 0.310 e. The summed E-state index contributed by atoms with van der Waals surface area (Å²) in [4.78, 5) is 22.7. The van der Waals surface area contributed by atoms with Crippen LogP contribution in [0.1, 0.15) is 35.2 Å². The Hall–Kier alpha value is -1.84. The molecule has 84 valence electrons. The van der Waals surface area contributed by atoms with Gasteiger partial charge in [-0.1, -0.05) is 12.1 Å². The van der Waals surface area contributed by atoms with Crippen molar-refractivity contribution in [3.8, 4) is 5.75 Å². The van der Waals surface area contributed by atoms with Gasteiger partial charge in [-0.15, -0.1) is 0 Å². The van der Waals surface area contributed by atoms with Crippen LogP contribution in [0.2, 0.25) is 0 Å². The molecule has 1 aliphatic heterocycles. The Morgan fingerprint density at radius 2 is 2.25 bits per heavy atom. The zero-order chi connectivity index (χ0) is 11.7. The molecule has 0 radical (unpaired) electrons. The lowest BCUT2D eigenvalue weighted by atomic mass is 9.91. The molecule has 0 fully saturated rings. The summed E-state index contributed by atoms with van der Waals surface area (Å²) in [5.74, 6) is -1.17. The Bertz CT molecular complexity index is 450. The molecule has 1 N–H and O–H groups in total. The first-order valence-corrected chi connectivity index (χ1v) is 5.13. The summed E-state index contributed by atoms with van der Waals surface area (Å²) in [6.07, 6.45) is 0.316. The maximum atomic E-state index is 11.8. The third-order valence-corrected chi connectivity index (χ3v) is 2.76. The number of ether oxygens (including phenoxy) is 1. The molecule has 1 atom stereocenters. The summed E-state index contributed by atoms with van der Waals surface area (Å²) in [5, 5.41) is 8.97. The minimum Gasteiger partial charge on any atom is -0.492 e. The lowest BCUT2D eigenvalue weighted by molar-refractivity contribution is -0.138. The molecule has 0 saturated heterocycles. The van der Waals surface area contributed by atoms with Gasteiger partial charge in [-0.3, -0.25) is 9.59 Å². The van der Waals surface area contributed by atoms with Gasteiger partial charge >= 0.3 is 5.97 Å². The Morgan fingerprint density at radius 1 is 1.50 bits per heavy atom. The molecule has 0 aromatic heterocycles. The topological polar surface area (TPSA) is 63.6 Å². The van der Waals surface area contributed by atoms with Crippen LogP contribution in [-0.2, 0) is 4.79 Å². The number of hydrogen-bond acceptors (Lipinski definition) is 3. The van der Waals surface area contributed by atoms with Crippen LogP contribution in [-0.4, -0.2) is 23.5 Å². The number of rotatable bonds is 2. The van der Waals surface area contributed by atoms with Gasteiger partial charge in [-0.2, -0.15) is 0 Å². The van der Waals surface area contributed by atoms with Gasteiger partial charge in [0, 0.05) is 6.42 Å². The summed E-state index contributed by atoms with van der Waals surface area (Å²) < 4.78 is 5.35. The SMILES string of the molecule is CC(C(=O)O)c1cccc2c1C(=O)CCO2. The molecule has 1 heterocycles. The third kappa shape index (κ3) is 1.66. The maximum absolute atomic E-state index is 11.8. The number of carboxylic acids is 1. The lowest BCUT2D eigenvalue weighted by Gasteiger charge is -2.20. The molecule has 2 rings (SSSR count). The number of carbonyl (C=O) groups is 2. The molecule has 0 amide bonds. The fourth-order valence-electron chi connectivity index (χ4n) is 1.84. The summed E-state index contributed by atoms with van der Waals surface area (Å²) in [7, 11) is 0. The molecular formula is C12H12O4. The van der Waals surface area contributed by atoms with E-state index in [1.807, 2.05) is 0 Å². The monoisotopic (exact) mass is 220 g/mol. The van der Waals surface area contributed by atoms with Crippen molar-refractivity contribution in [1.29, 1.82) is 0 Å². The quantitative estimate of drug-likeness (QED) is 0.825. The number of carbonyl (C=O) groups excluding carboxylic acids is 1. The van der Waals surface area contributed by atoms with Crippen LogP contribution in [0, 0.1) is 0 Å². The highest BCUT2D eigenvalue weighted by Gasteiger charge is 2.26. The molecule has 4 heteroatoms. The highest BCUT2D eigenvalue weighted by molar-refractivity contribution is 6.02. The molecule has 1 aromatic rings. The van der Waals surface area contributed by atoms with Crippen LogP contribution in [0.5, 0.6) is 5.75 Å². The van der Waals surface area contributed by atoms with E-state index in [1.54, 1.807) is 25.1 Å². The second-order valence-corrected chi connectivity index (χ2v) is 3.80. The van der Waals surface area contributed by atoms with E-state index >= 15 is 0 Å². The van der Waals surface area contributed by atoms with Gasteiger partial charge in [0.2, 0.25) is 0 Å². The first-order valence-electron chi connectivity index (χ1n) is 5.13. The van der Waals surface area contributed by atoms with Crippen molar-refractivity contribution in [3.63, 3.8) is 0 Å². The molecule has 0 saturated carbocycles. The van der Waals surface area contributed by atoms with E-state index in [2.05, 4.69) is 0 Å². The summed E-state index contributed by atoms with van der Waals surface area (Å²) in [6.45, 7) is 1.94. The third-order valence-electron chi connectivity index (χ3n) is 2.76. The minimum atomic E-state index is -0.938. The standard InChI is InChI=1S/C12H12O4/c1-7(12(14)15)8-3-2-4-10-11(8)9(13)5-6-16-10/h2-4,7H,5-6H2,1H3,(H,14,15). The molecule has 1 unspecified atom stereocenters. The van der Waals surface area contributed by atoms with Gasteiger partial charge in [0.15, 0.2) is 5.78 Å². The zero-order valence-electron chi connectivity index (χ0n) is 8.90. The molecule has 4 nitrogen and oxygen atoms in total. The highest BCUT2D eigenvalue weighted by atomic mass is 16.5. The Labute approximate surface area is 92.8 Å². The van der Waals surface area contributed by atoms with Gasteiger partial charge in [-0.05, 0) is 18.6 Å². The Morgan fingerprint density at radius 3 is 2.94 bits per heavy atom. The molecular weight excluding hydrogens is 208 g/mol.